The number of para-hydroxylation sites is 1. The highest BCUT2D eigenvalue weighted by atomic mass is 19.2. The molecular weight excluding hydrogens is 375 g/mol. The summed E-state index contributed by atoms with van der Waals surface area (Å²) < 4.78 is 49.7. The molecule has 0 unspecified atom stereocenters. The first-order valence-corrected chi connectivity index (χ1v) is 8.41. The van der Waals surface area contributed by atoms with Gasteiger partial charge in [0.2, 0.25) is 0 Å². The molecule has 0 aliphatic carbocycles. The van der Waals surface area contributed by atoms with E-state index < -0.39 is 48.2 Å². The molecule has 2 rings (SSSR count). The standard InChI is InChI=1S/C20H20F3NO4/c1-20(2,3)12-6-4-5-7-15(12)27-11-17(26)28-10-16(25)24-14-9-8-13(21)18(22)19(14)23/h4-9H,10-11H2,1-3H3,(H,24,25). The molecule has 0 fully saturated rings. The maximum Gasteiger partial charge on any atom is 0.344 e. The second kappa shape index (κ2) is 8.77. The third-order valence-electron chi connectivity index (χ3n) is 3.71. The Hall–Kier alpha value is -3.03. The fraction of sp³-hybridized carbons (Fsp3) is 0.300. The molecule has 0 saturated carbocycles. The van der Waals surface area contributed by atoms with Gasteiger partial charge in [-0.05, 0) is 29.2 Å². The molecule has 150 valence electrons. The Morgan fingerprint density at radius 2 is 1.64 bits per heavy atom. The lowest BCUT2D eigenvalue weighted by molar-refractivity contribution is -0.149. The van der Waals surface area contributed by atoms with Crippen molar-refractivity contribution in [1.82, 2.24) is 0 Å². The van der Waals surface area contributed by atoms with Crippen LogP contribution in [0.5, 0.6) is 5.75 Å². The highest BCUT2D eigenvalue weighted by Gasteiger charge is 2.20. The molecule has 2 aromatic rings. The maximum atomic E-state index is 13.5. The summed E-state index contributed by atoms with van der Waals surface area (Å²) >= 11 is 0. The van der Waals surface area contributed by atoms with Crippen LogP contribution in [0.15, 0.2) is 36.4 Å². The summed E-state index contributed by atoms with van der Waals surface area (Å²) in [6, 6.07) is 8.74. The highest BCUT2D eigenvalue weighted by Crippen LogP contribution is 2.30. The molecule has 8 heteroatoms. The molecule has 0 saturated heterocycles. The van der Waals surface area contributed by atoms with Crippen molar-refractivity contribution in [3.63, 3.8) is 0 Å². The van der Waals surface area contributed by atoms with Gasteiger partial charge in [-0.3, -0.25) is 4.79 Å². The molecule has 2 aromatic carbocycles. The number of hydrogen-bond donors (Lipinski definition) is 1. The van der Waals surface area contributed by atoms with E-state index in [0.29, 0.717) is 11.8 Å². The number of carbonyl (C=O) groups is 2. The van der Waals surface area contributed by atoms with Gasteiger partial charge in [0.1, 0.15) is 5.75 Å². The summed E-state index contributed by atoms with van der Waals surface area (Å²) in [6.07, 6.45) is 0. The Morgan fingerprint density at radius 1 is 0.964 bits per heavy atom. The van der Waals surface area contributed by atoms with Crippen LogP contribution in [0.2, 0.25) is 0 Å². The van der Waals surface area contributed by atoms with Crippen molar-refractivity contribution < 1.29 is 32.2 Å². The van der Waals surface area contributed by atoms with Crippen molar-refractivity contribution in [3.05, 3.63) is 59.4 Å². The molecule has 0 radical (unpaired) electrons. The van der Waals surface area contributed by atoms with Crippen LogP contribution in [0.25, 0.3) is 0 Å². The van der Waals surface area contributed by atoms with Crippen LogP contribution in [-0.2, 0) is 19.7 Å². The van der Waals surface area contributed by atoms with Crippen molar-refractivity contribution in [3.8, 4) is 5.75 Å². The van der Waals surface area contributed by atoms with E-state index >= 15 is 0 Å². The van der Waals surface area contributed by atoms with Gasteiger partial charge >= 0.3 is 5.97 Å². The molecule has 1 N–H and O–H groups in total. The average molecular weight is 395 g/mol. The van der Waals surface area contributed by atoms with E-state index in [0.717, 1.165) is 11.6 Å². The van der Waals surface area contributed by atoms with Gasteiger partial charge in [-0.15, -0.1) is 0 Å². The smallest absolute Gasteiger partial charge is 0.344 e. The number of amides is 1. The van der Waals surface area contributed by atoms with Gasteiger partial charge < -0.3 is 14.8 Å². The molecule has 0 aromatic heterocycles. The number of ether oxygens (including phenoxy) is 2. The zero-order chi connectivity index (χ0) is 20.9. The van der Waals surface area contributed by atoms with Crippen molar-refractivity contribution in [2.75, 3.05) is 18.5 Å². The summed E-state index contributed by atoms with van der Waals surface area (Å²) in [5.41, 5.74) is 0.138. The van der Waals surface area contributed by atoms with E-state index in [-0.39, 0.29) is 5.41 Å². The number of halogens is 3. The SMILES string of the molecule is CC(C)(C)c1ccccc1OCC(=O)OCC(=O)Nc1ccc(F)c(F)c1F. The normalized spacial score (nSPS) is 11.1. The van der Waals surface area contributed by atoms with Crippen molar-refractivity contribution >= 4 is 17.6 Å². The van der Waals surface area contributed by atoms with Crippen LogP contribution < -0.4 is 10.1 Å². The largest absolute Gasteiger partial charge is 0.482 e. The average Bonchev–Trinajstić information content (AvgIpc) is 2.64. The Morgan fingerprint density at radius 3 is 2.32 bits per heavy atom. The molecule has 0 spiro atoms. The predicted molar refractivity (Wildman–Crippen MR) is 96.5 cm³/mol. The lowest BCUT2D eigenvalue weighted by Gasteiger charge is -2.22. The molecule has 0 heterocycles. The summed E-state index contributed by atoms with van der Waals surface area (Å²) in [5.74, 6) is -5.84. The van der Waals surface area contributed by atoms with Gasteiger partial charge in [0.05, 0.1) is 5.69 Å². The number of rotatable bonds is 6. The minimum Gasteiger partial charge on any atom is -0.482 e. The highest BCUT2D eigenvalue weighted by molar-refractivity contribution is 5.93. The van der Waals surface area contributed by atoms with Gasteiger partial charge in [0, 0.05) is 0 Å². The first kappa shape index (κ1) is 21.3. The lowest BCUT2D eigenvalue weighted by atomic mass is 9.86. The van der Waals surface area contributed by atoms with E-state index in [1.54, 1.807) is 12.1 Å². The number of nitrogens with one attached hydrogen (secondary N) is 1. The van der Waals surface area contributed by atoms with Gasteiger partial charge in [-0.2, -0.15) is 0 Å². The van der Waals surface area contributed by atoms with Crippen LogP contribution in [0.4, 0.5) is 18.9 Å². The summed E-state index contributed by atoms with van der Waals surface area (Å²) in [6.45, 7) is 4.82. The molecule has 5 nitrogen and oxygen atoms in total. The number of esters is 1. The van der Waals surface area contributed by atoms with E-state index in [9.17, 15) is 22.8 Å². The van der Waals surface area contributed by atoms with Crippen LogP contribution in [0, 0.1) is 17.5 Å². The Bertz CT molecular complexity index is 878. The van der Waals surface area contributed by atoms with Crippen LogP contribution >= 0.6 is 0 Å². The molecule has 28 heavy (non-hydrogen) atoms. The van der Waals surface area contributed by atoms with Crippen molar-refractivity contribution in [2.45, 2.75) is 26.2 Å². The first-order chi connectivity index (χ1) is 13.1. The molecular formula is C20H20F3NO4. The first-order valence-electron chi connectivity index (χ1n) is 8.41. The van der Waals surface area contributed by atoms with E-state index in [1.807, 2.05) is 38.2 Å². The van der Waals surface area contributed by atoms with Gasteiger partial charge in [-0.25, -0.2) is 18.0 Å². The van der Waals surface area contributed by atoms with Gasteiger partial charge in [-0.1, -0.05) is 39.0 Å². The fourth-order valence-electron chi connectivity index (χ4n) is 2.35. The Kier molecular flexibility index (Phi) is 6.66. The molecule has 1 amide bonds. The van der Waals surface area contributed by atoms with E-state index in [1.165, 1.54) is 0 Å². The molecule has 0 aliphatic rings. The lowest BCUT2D eigenvalue weighted by Crippen LogP contribution is -2.24. The molecule has 0 atom stereocenters. The third kappa shape index (κ3) is 5.48. The topological polar surface area (TPSA) is 64.6 Å². The van der Waals surface area contributed by atoms with E-state index in [4.69, 9.17) is 9.47 Å². The summed E-state index contributed by atoms with van der Waals surface area (Å²) in [5, 5.41) is 2.00. The quantitative estimate of drug-likeness (QED) is 0.594. The second-order valence-corrected chi connectivity index (χ2v) is 6.97. The number of benzene rings is 2. The minimum absolute atomic E-state index is 0.200. The number of anilines is 1. The van der Waals surface area contributed by atoms with Crippen LogP contribution in [-0.4, -0.2) is 25.1 Å². The number of hydrogen-bond acceptors (Lipinski definition) is 4. The van der Waals surface area contributed by atoms with Crippen molar-refractivity contribution in [1.29, 1.82) is 0 Å². The summed E-state index contributed by atoms with van der Waals surface area (Å²) in [4.78, 5) is 23.5. The monoisotopic (exact) mass is 395 g/mol. The Balaban J connectivity index is 1.87. The molecule has 0 bridgehead atoms. The van der Waals surface area contributed by atoms with Crippen LogP contribution in [0.3, 0.4) is 0 Å². The Labute approximate surface area is 160 Å². The van der Waals surface area contributed by atoms with Gasteiger partial charge in [0.25, 0.3) is 5.91 Å². The fourth-order valence-corrected chi connectivity index (χ4v) is 2.35. The third-order valence-corrected chi connectivity index (χ3v) is 3.71. The second-order valence-electron chi connectivity index (χ2n) is 6.97. The summed E-state index contributed by atoms with van der Waals surface area (Å²) in [7, 11) is 0. The van der Waals surface area contributed by atoms with E-state index in [2.05, 4.69) is 0 Å². The molecule has 0 aliphatic heterocycles. The maximum absolute atomic E-state index is 13.5. The van der Waals surface area contributed by atoms with Crippen LogP contribution in [0.1, 0.15) is 26.3 Å². The van der Waals surface area contributed by atoms with Gasteiger partial charge in [0.15, 0.2) is 30.7 Å². The predicted octanol–water partition coefficient (Wildman–Crippen LogP) is 3.96. The minimum atomic E-state index is -1.71. The van der Waals surface area contributed by atoms with Crippen molar-refractivity contribution in [2.24, 2.45) is 0 Å². The number of carbonyl (C=O) groups excluding carboxylic acids is 2. The zero-order valence-corrected chi connectivity index (χ0v) is 15.6. The zero-order valence-electron chi connectivity index (χ0n) is 15.6.